The van der Waals surface area contributed by atoms with Gasteiger partial charge in [0, 0.05) is 0 Å². The molecule has 8 heteroatoms. The maximum atomic E-state index is 15.6. The molecule has 2 aromatic rings. The molecule has 0 N–H and O–H groups in total. The third kappa shape index (κ3) is 5.05. The molecule has 0 aromatic heterocycles. The lowest BCUT2D eigenvalue weighted by atomic mass is 9.81. The summed E-state index contributed by atoms with van der Waals surface area (Å²) in [6, 6.07) is 13.0. The van der Waals surface area contributed by atoms with Crippen molar-refractivity contribution in [2.24, 2.45) is 0 Å². The monoisotopic (exact) mass is 424 g/mol. The molecule has 30 heavy (non-hydrogen) atoms. The van der Waals surface area contributed by atoms with Crippen molar-refractivity contribution < 1.29 is 31.6 Å². The molecule has 2 aromatic carbocycles. The summed E-state index contributed by atoms with van der Waals surface area (Å²) in [5, 5.41) is 1.87. The first-order chi connectivity index (χ1) is 13.9. The van der Waals surface area contributed by atoms with Crippen LogP contribution in [0.3, 0.4) is 0 Å². The molecule has 3 rings (SSSR count). The van der Waals surface area contributed by atoms with E-state index in [4.69, 9.17) is 14.0 Å². The van der Waals surface area contributed by atoms with Crippen molar-refractivity contribution in [1.82, 2.24) is 0 Å². The van der Waals surface area contributed by atoms with Crippen molar-refractivity contribution in [1.29, 1.82) is 0 Å². The van der Waals surface area contributed by atoms with Crippen LogP contribution in [0.2, 0.25) is 0 Å². The zero-order valence-corrected chi connectivity index (χ0v) is 17.5. The van der Waals surface area contributed by atoms with Gasteiger partial charge < -0.3 is 14.0 Å². The van der Waals surface area contributed by atoms with Crippen LogP contribution in [0.15, 0.2) is 48.2 Å². The van der Waals surface area contributed by atoms with Crippen LogP contribution in [0.25, 0.3) is 16.3 Å². The standard InChI is InChI=1S/C22H25BF4O3/c1-20(2)21(3,4)30-23(29-20)19(24)18(11-12-28-14-22(25,26)27)17-10-9-15-7-5-6-8-16(15)13-17/h5-10,13H,11-12,14H2,1-4H3. The van der Waals surface area contributed by atoms with Gasteiger partial charge in [-0.3, -0.25) is 0 Å². The lowest BCUT2D eigenvalue weighted by Gasteiger charge is -2.32. The molecule has 0 unspecified atom stereocenters. The lowest BCUT2D eigenvalue weighted by molar-refractivity contribution is -0.173. The van der Waals surface area contributed by atoms with Crippen molar-refractivity contribution >= 4 is 23.5 Å². The van der Waals surface area contributed by atoms with E-state index in [1.165, 1.54) is 0 Å². The largest absolute Gasteiger partial charge is 0.525 e. The van der Waals surface area contributed by atoms with Crippen LogP contribution < -0.4 is 0 Å². The fourth-order valence-corrected chi connectivity index (χ4v) is 3.23. The van der Waals surface area contributed by atoms with E-state index in [9.17, 15) is 13.2 Å². The summed E-state index contributed by atoms with van der Waals surface area (Å²) < 4.78 is 69.1. The van der Waals surface area contributed by atoms with Gasteiger partial charge in [-0.2, -0.15) is 13.2 Å². The molecule has 1 fully saturated rings. The first-order valence-electron chi connectivity index (χ1n) is 9.77. The summed E-state index contributed by atoms with van der Waals surface area (Å²) in [5.41, 5.74) is -1.37. The van der Waals surface area contributed by atoms with Crippen molar-refractivity contribution in [3.8, 4) is 0 Å². The highest BCUT2D eigenvalue weighted by Gasteiger charge is 2.53. The number of benzene rings is 2. The highest BCUT2D eigenvalue weighted by molar-refractivity contribution is 6.55. The molecular formula is C22H25BF4O3. The van der Waals surface area contributed by atoms with Crippen LogP contribution in [-0.4, -0.2) is 37.7 Å². The fraction of sp³-hybridized carbons (Fsp3) is 0.455. The van der Waals surface area contributed by atoms with Gasteiger partial charge in [0.2, 0.25) is 0 Å². The Morgan fingerprint density at radius 2 is 1.57 bits per heavy atom. The average molecular weight is 424 g/mol. The van der Waals surface area contributed by atoms with Crippen molar-refractivity contribution in [3.05, 3.63) is 53.8 Å². The Morgan fingerprint density at radius 3 is 2.17 bits per heavy atom. The molecule has 0 atom stereocenters. The molecule has 0 aliphatic carbocycles. The van der Waals surface area contributed by atoms with Gasteiger partial charge in [0.25, 0.3) is 0 Å². The van der Waals surface area contributed by atoms with E-state index < -0.39 is 36.8 Å². The predicted molar refractivity (Wildman–Crippen MR) is 110 cm³/mol. The van der Waals surface area contributed by atoms with Gasteiger partial charge in [0.1, 0.15) is 12.3 Å². The number of fused-ring (bicyclic) bond motifs is 1. The number of ether oxygens (including phenoxy) is 1. The Bertz CT molecular complexity index is 921. The van der Waals surface area contributed by atoms with E-state index in [0.29, 0.717) is 5.56 Å². The number of hydrogen-bond donors (Lipinski definition) is 0. The van der Waals surface area contributed by atoms with Crippen LogP contribution in [0.1, 0.15) is 39.7 Å². The minimum atomic E-state index is -4.43. The second-order valence-corrected chi connectivity index (χ2v) is 8.39. The van der Waals surface area contributed by atoms with E-state index in [-0.39, 0.29) is 18.6 Å². The molecule has 162 valence electrons. The van der Waals surface area contributed by atoms with Gasteiger partial charge in [0.05, 0.1) is 17.8 Å². The van der Waals surface area contributed by atoms with Gasteiger partial charge in [-0.1, -0.05) is 36.4 Å². The zero-order chi connectivity index (χ0) is 22.2. The molecular weight excluding hydrogens is 399 g/mol. The third-order valence-corrected chi connectivity index (χ3v) is 5.61. The summed E-state index contributed by atoms with van der Waals surface area (Å²) in [7, 11) is -1.24. The first-order valence-corrected chi connectivity index (χ1v) is 9.77. The third-order valence-electron chi connectivity index (χ3n) is 5.61. The Hall–Kier alpha value is -1.90. The summed E-state index contributed by atoms with van der Waals surface area (Å²) >= 11 is 0. The molecule has 1 saturated heterocycles. The zero-order valence-electron chi connectivity index (χ0n) is 17.5. The summed E-state index contributed by atoms with van der Waals surface area (Å²) in [4.78, 5) is 0. The van der Waals surface area contributed by atoms with Crippen LogP contribution in [0, 0.1) is 0 Å². The second-order valence-electron chi connectivity index (χ2n) is 8.39. The molecule has 1 aliphatic heterocycles. The lowest BCUT2D eigenvalue weighted by Crippen LogP contribution is -2.41. The normalized spacial score (nSPS) is 19.3. The van der Waals surface area contributed by atoms with Gasteiger partial charge >= 0.3 is 13.3 Å². The molecule has 1 heterocycles. The number of halogens is 4. The first kappa shape index (κ1) is 22.8. The van der Waals surface area contributed by atoms with E-state index in [0.717, 1.165) is 10.8 Å². The molecule has 0 amide bonds. The molecule has 0 bridgehead atoms. The summed E-state index contributed by atoms with van der Waals surface area (Å²) in [5.74, 6) is 0. The van der Waals surface area contributed by atoms with Gasteiger partial charge in [0.15, 0.2) is 0 Å². The Balaban J connectivity index is 1.93. The van der Waals surface area contributed by atoms with E-state index in [2.05, 4.69) is 0 Å². The highest BCUT2D eigenvalue weighted by Crippen LogP contribution is 2.41. The number of hydrogen-bond acceptors (Lipinski definition) is 3. The van der Waals surface area contributed by atoms with Crippen molar-refractivity contribution in [2.75, 3.05) is 13.2 Å². The molecule has 0 radical (unpaired) electrons. The predicted octanol–water partition coefficient (Wildman–Crippen LogP) is 6.12. The molecule has 0 spiro atoms. The van der Waals surface area contributed by atoms with Gasteiger partial charge in [-0.15, -0.1) is 0 Å². The maximum absolute atomic E-state index is 15.6. The molecule has 3 nitrogen and oxygen atoms in total. The minimum absolute atomic E-state index is 0.0513. The summed E-state index contributed by atoms with van der Waals surface area (Å²) in [6.45, 7) is 5.57. The van der Waals surface area contributed by atoms with Gasteiger partial charge in [-0.25, -0.2) is 4.39 Å². The van der Waals surface area contributed by atoms with Crippen molar-refractivity contribution in [2.45, 2.75) is 51.5 Å². The highest BCUT2D eigenvalue weighted by atomic mass is 19.4. The number of rotatable bonds is 6. The van der Waals surface area contributed by atoms with E-state index in [1.54, 1.807) is 12.1 Å². The Kier molecular flexibility index (Phi) is 6.32. The SMILES string of the molecule is CC1(C)OB(C(F)=C(CCOCC(F)(F)F)c2ccc3ccccc3c2)OC1(C)C. The van der Waals surface area contributed by atoms with E-state index >= 15 is 4.39 Å². The summed E-state index contributed by atoms with van der Waals surface area (Å²) in [6.07, 6.45) is -4.48. The smallest absolute Gasteiger partial charge is 0.398 e. The van der Waals surface area contributed by atoms with Crippen LogP contribution in [0.5, 0.6) is 0 Å². The Morgan fingerprint density at radius 1 is 0.967 bits per heavy atom. The van der Waals surface area contributed by atoms with Gasteiger partial charge in [-0.05, 0) is 62.1 Å². The minimum Gasteiger partial charge on any atom is -0.398 e. The maximum Gasteiger partial charge on any atom is 0.525 e. The second kappa shape index (κ2) is 8.32. The molecule has 1 aliphatic rings. The quantitative estimate of drug-likeness (QED) is 0.318. The number of alkyl halides is 3. The molecule has 0 saturated carbocycles. The van der Waals surface area contributed by atoms with E-state index in [1.807, 2.05) is 58.0 Å². The van der Waals surface area contributed by atoms with Crippen LogP contribution in [-0.2, 0) is 14.0 Å². The van der Waals surface area contributed by atoms with Crippen molar-refractivity contribution in [3.63, 3.8) is 0 Å². The van der Waals surface area contributed by atoms with Crippen LogP contribution >= 0.6 is 0 Å². The van der Waals surface area contributed by atoms with Crippen LogP contribution in [0.4, 0.5) is 17.6 Å². The topological polar surface area (TPSA) is 27.7 Å². The fourth-order valence-electron chi connectivity index (χ4n) is 3.23. The Labute approximate surface area is 174 Å². The average Bonchev–Trinajstić information content (AvgIpc) is 2.87.